The molecule has 0 amide bonds. The lowest BCUT2D eigenvalue weighted by atomic mass is 10.0. The molecular formula is C19H27NO2. The fraction of sp³-hybridized carbons (Fsp3) is 0.474. The largest absolute Gasteiger partial charge is 0.353 e. The van der Waals surface area contributed by atoms with E-state index in [9.17, 15) is 0 Å². The van der Waals surface area contributed by atoms with Crippen LogP contribution in [-0.4, -0.2) is 26.0 Å². The van der Waals surface area contributed by atoms with Crippen LogP contribution in [0.15, 0.2) is 42.5 Å². The van der Waals surface area contributed by atoms with Crippen molar-refractivity contribution >= 4 is 10.8 Å². The zero-order chi connectivity index (χ0) is 15.6. The first kappa shape index (κ1) is 16.9. The molecule has 0 fully saturated rings. The fourth-order valence-electron chi connectivity index (χ4n) is 2.65. The van der Waals surface area contributed by atoms with Crippen LogP contribution < -0.4 is 5.32 Å². The minimum absolute atomic E-state index is 0.0608. The van der Waals surface area contributed by atoms with Gasteiger partial charge in [0.15, 0.2) is 6.29 Å². The maximum absolute atomic E-state index is 5.55. The van der Waals surface area contributed by atoms with E-state index in [1.54, 1.807) is 0 Å². The van der Waals surface area contributed by atoms with Crippen molar-refractivity contribution < 1.29 is 9.47 Å². The summed E-state index contributed by atoms with van der Waals surface area (Å²) in [6.07, 6.45) is 1.92. The van der Waals surface area contributed by atoms with Gasteiger partial charge < -0.3 is 14.8 Å². The summed E-state index contributed by atoms with van der Waals surface area (Å²) in [5.74, 6) is 0. The van der Waals surface area contributed by atoms with Gasteiger partial charge in [0, 0.05) is 19.8 Å². The third-order valence-corrected chi connectivity index (χ3v) is 3.69. The lowest BCUT2D eigenvalue weighted by Crippen LogP contribution is -2.21. The van der Waals surface area contributed by atoms with E-state index in [2.05, 4.69) is 47.8 Å². The van der Waals surface area contributed by atoms with Crippen molar-refractivity contribution in [1.82, 2.24) is 5.32 Å². The Morgan fingerprint density at radius 3 is 2.45 bits per heavy atom. The molecule has 0 bridgehead atoms. The summed E-state index contributed by atoms with van der Waals surface area (Å²) < 4.78 is 11.1. The second-order valence-corrected chi connectivity index (χ2v) is 5.30. The number of rotatable bonds is 10. The summed E-state index contributed by atoms with van der Waals surface area (Å²) in [6.45, 7) is 7.28. The smallest absolute Gasteiger partial charge is 0.157 e. The van der Waals surface area contributed by atoms with Gasteiger partial charge in [-0.25, -0.2) is 0 Å². The lowest BCUT2D eigenvalue weighted by molar-refractivity contribution is -0.139. The van der Waals surface area contributed by atoms with Crippen molar-refractivity contribution in [1.29, 1.82) is 0 Å². The Bertz CT molecular complexity index is 545. The molecule has 3 nitrogen and oxygen atoms in total. The van der Waals surface area contributed by atoms with E-state index < -0.39 is 0 Å². The van der Waals surface area contributed by atoms with Crippen LogP contribution in [0.4, 0.5) is 0 Å². The first-order valence-electron chi connectivity index (χ1n) is 8.25. The number of ether oxygens (including phenoxy) is 2. The Hall–Kier alpha value is -1.42. The molecule has 0 heterocycles. The molecular weight excluding hydrogens is 274 g/mol. The van der Waals surface area contributed by atoms with Crippen LogP contribution in [0.2, 0.25) is 0 Å². The van der Waals surface area contributed by atoms with E-state index in [1.807, 2.05) is 13.8 Å². The van der Waals surface area contributed by atoms with Gasteiger partial charge >= 0.3 is 0 Å². The highest BCUT2D eigenvalue weighted by atomic mass is 16.7. The molecule has 0 atom stereocenters. The van der Waals surface area contributed by atoms with Gasteiger partial charge in [-0.15, -0.1) is 0 Å². The quantitative estimate of drug-likeness (QED) is 0.529. The van der Waals surface area contributed by atoms with E-state index in [0.717, 1.165) is 25.9 Å². The third-order valence-electron chi connectivity index (χ3n) is 3.69. The molecule has 0 aromatic heterocycles. The first-order chi connectivity index (χ1) is 10.8. The molecule has 0 aliphatic heterocycles. The first-order valence-corrected chi connectivity index (χ1v) is 8.25. The third kappa shape index (κ3) is 5.09. The Kier molecular flexibility index (Phi) is 7.37. The van der Waals surface area contributed by atoms with Crippen molar-refractivity contribution in [2.75, 3.05) is 19.8 Å². The normalized spacial score (nSPS) is 11.4. The van der Waals surface area contributed by atoms with Gasteiger partial charge in [-0.2, -0.15) is 0 Å². The minimum Gasteiger partial charge on any atom is -0.353 e. The highest BCUT2D eigenvalue weighted by molar-refractivity contribution is 5.85. The summed E-state index contributed by atoms with van der Waals surface area (Å²) in [7, 11) is 0. The predicted octanol–water partition coefficient (Wildman–Crippen LogP) is 4.11. The number of nitrogens with one attached hydrogen (secondary N) is 1. The van der Waals surface area contributed by atoms with E-state index in [4.69, 9.17) is 9.47 Å². The van der Waals surface area contributed by atoms with Crippen molar-refractivity contribution in [3.8, 4) is 0 Å². The van der Waals surface area contributed by atoms with Crippen LogP contribution in [0, 0.1) is 0 Å². The molecule has 22 heavy (non-hydrogen) atoms. The zero-order valence-corrected chi connectivity index (χ0v) is 13.7. The zero-order valence-electron chi connectivity index (χ0n) is 13.7. The van der Waals surface area contributed by atoms with Crippen molar-refractivity contribution in [2.45, 2.75) is 39.5 Å². The molecule has 0 saturated carbocycles. The lowest BCUT2D eigenvalue weighted by Gasteiger charge is -2.16. The molecule has 0 spiro atoms. The molecule has 1 N–H and O–H groups in total. The minimum atomic E-state index is -0.0608. The molecule has 3 heteroatoms. The van der Waals surface area contributed by atoms with Crippen molar-refractivity contribution in [3.63, 3.8) is 0 Å². The molecule has 120 valence electrons. The van der Waals surface area contributed by atoms with Crippen LogP contribution in [-0.2, 0) is 16.0 Å². The van der Waals surface area contributed by atoms with Gasteiger partial charge in [0.05, 0.1) is 0 Å². The van der Waals surface area contributed by atoms with E-state index in [-0.39, 0.29) is 6.29 Å². The fourth-order valence-corrected chi connectivity index (χ4v) is 2.65. The summed E-state index contributed by atoms with van der Waals surface area (Å²) in [6, 6.07) is 15.0. The van der Waals surface area contributed by atoms with E-state index in [0.29, 0.717) is 13.2 Å². The summed E-state index contributed by atoms with van der Waals surface area (Å²) in [5.41, 5.74) is 1.35. The molecule has 0 radical (unpaired) electrons. The maximum atomic E-state index is 5.55. The molecule has 2 rings (SSSR count). The van der Waals surface area contributed by atoms with Crippen molar-refractivity contribution in [2.24, 2.45) is 0 Å². The van der Waals surface area contributed by atoms with Gasteiger partial charge in [0.25, 0.3) is 0 Å². The molecule has 2 aromatic carbocycles. The summed E-state index contributed by atoms with van der Waals surface area (Å²) in [4.78, 5) is 0. The molecule has 0 aliphatic rings. The second-order valence-electron chi connectivity index (χ2n) is 5.30. The summed E-state index contributed by atoms with van der Waals surface area (Å²) >= 11 is 0. The number of hydrogen-bond donors (Lipinski definition) is 1. The predicted molar refractivity (Wildman–Crippen MR) is 91.9 cm³/mol. The van der Waals surface area contributed by atoms with Gasteiger partial charge in [-0.05, 0) is 49.6 Å². The average Bonchev–Trinajstić information content (AvgIpc) is 2.55. The topological polar surface area (TPSA) is 30.5 Å². The Balaban J connectivity index is 1.76. The molecule has 2 aromatic rings. The maximum Gasteiger partial charge on any atom is 0.157 e. The van der Waals surface area contributed by atoms with Crippen LogP contribution >= 0.6 is 0 Å². The van der Waals surface area contributed by atoms with Gasteiger partial charge in [-0.3, -0.25) is 0 Å². The average molecular weight is 301 g/mol. The number of hydrogen-bond acceptors (Lipinski definition) is 3. The number of fused-ring (bicyclic) bond motifs is 1. The SMILES string of the molecule is CCOC(CCCNCc1cccc2ccccc12)OCC. The summed E-state index contributed by atoms with van der Waals surface area (Å²) in [5, 5.41) is 6.16. The Morgan fingerprint density at radius 1 is 0.955 bits per heavy atom. The van der Waals surface area contributed by atoms with Crippen LogP contribution in [0.25, 0.3) is 10.8 Å². The Labute approximate surface area is 133 Å². The van der Waals surface area contributed by atoms with Crippen LogP contribution in [0.3, 0.4) is 0 Å². The highest BCUT2D eigenvalue weighted by Crippen LogP contribution is 2.18. The molecule has 0 unspecified atom stereocenters. The van der Waals surface area contributed by atoms with Crippen LogP contribution in [0.5, 0.6) is 0 Å². The Morgan fingerprint density at radius 2 is 1.68 bits per heavy atom. The highest BCUT2D eigenvalue weighted by Gasteiger charge is 2.07. The van der Waals surface area contributed by atoms with E-state index in [1.165, 1.54) is 16.3 Å². The molecule has 0 saturated heterocycles. The van der Waals surface area contributed by atoms with E-state index >= 15 is 0 Å². The molecule has 0 aliphatic carbocycles. The second kappa shape index (κ2) is 9.57. The standard InChI is InChI=1S/C19H27NO2/c1-3-21-19(22-4-2)13-8-14-20-15-17-11-7-10-16-9-5-6-12-18(16)17/h5-7,9-12,19-20H,3-4,8,13-15H2,1-2H3. The van der Waals surface area contributed by atoms with Crippen LogP contribution in [0.1, 0.15) is 32.3 Å². The van der Waals surface area contributed by atoms with Gasteiger partial charge in [0.2, 0.25) is 0 Å². The van der Waals surface area contributed by atoms with Gasteiger partial charge in [0.1, 0.15) is 0 Å². The van der Waals surface area contributed by atoms with Crippen molar-refractivity contribution in [3.05, 3.63) is 48.0 Å². The van der Waals surface area contributed by atoms with Gasteiger partial charge in [-0.1, -0.05) is 42.5 Å². The monoisotopic (exact) mass is 301 g/mol. The number of benzene rings is 2.